The van der Waals surface area contributed by atoms with Gasteiger partial charge in [0.15, 0.2) is 5.16 Å². The topological polar surface area (TPSA) is 67.9 Å². The SMILES string of the molecule is Cc1ccc(Sc2nc(N)nc(N(C)C)n2)cc1C. The molecule has 0 saturated carbocycles. The van der Waals surface area contributed by atoms with Gasteiger partial charge in [-0.15, -0.1) is 0 Å². The Labute approximate surface area is 117 Å². The number of aryl methyl sites for hydroxylation is 2. The van der Waals surface area contributed by atoms with Crippen LogP contribution in [0.1, 0.15) is 11.1 Å². The number of hydrogen-bond donors (Lipinski definition) is 1. The maximum absolute atomic E-state index is 5.70. The van der Waals surface area contributed by atoms with E-state index >= 15 is 0 Å². The van der Waals surface area contributed by atoms with E-state index in [9.17, 15) is 0 Å². The van der Waals surface area contributed by atoms with Crippen LogP contribution in [0.5, 0.6) is 0 Å². The molecule has 19 heavy (non-hydrogen) atoms. The van der Waals surface area contributed by atoms with Gasteiger partial charge < -0.3 is 10.6 Å². The second kappa shape index (κ2) is 5.44. The smallest absolute Gasteiger partial charge is 0.230 e. The Morgan fingerprint density at radius 2 is 1.79 bits per heavy atom. The molecule has 0 unspecified atom stereocenters. The standard InChI is InChI=1S/C13H17N5S/c1-8-5-6-10(7-9(8)2)19-13-16-11(14)15-12(17-13)18(3)4/h5-7H,1-4H3,(H2,14,15,16,17). The molecule has 0 fully saturated rings. The van der Waals surface area contributed by atoms with Gasteiger partial charge in [0, 0.05) is 19.0 Å². The van der Waals surface area contributed by atoms with Crippen molar-refractivity contribution in [2.24, 2.45) is 0 Å². The van der Waals surface area contributed by atoms with Crippen LogP contribution >= 0.6 is 11.8 Å². The minimum absolute atomic E-state index is 0.241. The molecule has 1 heterocycles. The van der Waals surface area contributed by atoms with E-state index in [-0.39, 0.29) is 5.95 Å². The molecule has 1 aromatic heterocycles. The van der Waals surface area contributed by atoms with Crippen molar-refractivity contribution < 1.29 is 0 Å². The molecule has 0 amide bonds. The number of nitrogen functional groups attached to an aromatic ring is 1. The fourth-order valence-electron chi connectivity index (χ4n) is 1.49. The quantitative estimate of drug-likeness (QED) is 0.927. The summed E-state index contributed by atoms with van der Waals surface area (Å²) in [5.74, 6) is 0.809. The third kappa shape index (κ3) is 3.35. The van der Waals surface area contributed by atoms with Gasteiger partial charge in [-0.25, -0.2) is 0 Å². The summed E-state index contributed by atoms with van der Waals surface area (Å²) in [4.78, 5) is 15.5. The molecule has 2 aromatic rings. The van der Waals surface area contributed by atoms with Gasteiger partial charge in [0.25, 0.3) is 0 Å². The summed E-state index contributed by atoms with van der Waals surface area (Å²) in [6.07, 6.45) is 0. The van der Waals surface area contributed by atoms with Gasteiger partial charge in [-0.1, -0.05) is 6.07 Å². The number of aromatic nitrogens is 3. The fraction of sp³-hybridized carbons (Fsp3) is 0.308. The molecule has 0 saturated heterocycles. The highest BCUT2D eigenvalue weighted by Crippen LogP contribution is 2.27. The molecule has 0 aliphatic rings. The third-order valence-electron chi connectivity index (χ3n) is 2.71. The molecule has 0 aliphatic heterocycles. The lowest BCUT2D eigenvalue weighted by Gasteiger charge is -2.11. The van der Waals surface area contributed by atoms with Crippen LogP contribution in [-0.4, -0.2) is 29.0 Å². The first kappa shape index (κ1) is 13.6. The predicted octanol–water partition coefficient (Wildman–Crippen LogP) is 2.29. The number of nitrogens with zero attached hydrogens (tertiary/aromatic N) is 4. The Morgan fingerprint density at radius 3 is 2.42 bits per heavy atom. The molecule has 0 aliphatic carbocycles. The van der Waals surface area contributed by atoms with Crippen LogP contribution in [0, 0.1) is 13.8 Å². The average Bonchev–Trinajstić information content (AvgIpc) is 2.33. The van der Waals surface area contributed by atoms with Crippen molar-refractivity contribution in [3.8, 4) is 0 Å². The molecule has 5 nitrogen and oxygen atoms in total. The molecule has 2 rings (SSSR count). The third-order valence-corrected chi connectivity index (χ3v) is 3.56. The molecule has 0 spiro atoms. The van der Waals surface area contributed by atoms with Crippen LogP contribution in [0.25, 0.3) is 0 Å². The first-order valence-corrected chi connectivity index (χ1v) is 6.71. The van der Waals surface area contributed by atoms with Crippen molar-refractivity contribution >= 4 is 23.7 Å². The highest BCUT2D eigenvalue weighted by molar-refractivity contribution is 7.99. The highest BCUT2D eigenvalue weighted by Gasteiger charge is 2.08. The first-order valence-electron chi connectivity index (χ1n) is 5.89. The maximum Gasteiger partial charge on any atom is 0.230 e. The Balaban J connectivity index is 2.29. The lowest BCUT2D eigenvalue weighted by Crippen LogP contribution is -2.15. The zero-order valence-electron chi connectivity index (χ0n) is 11.5. The largest absolute Gasteiger partial charge is 0.368 e. The normalized spacial score (nSPS) is 10.5. The average molecular weight is 275 g/mol. The summed E-state index contributed by atoms with van der Waals surface area (Å²) in [5.41, 5.74) is 8.22. The van der Waals surface area contributed by atoms with Crippen LogP contribution in [0.3, 0.4) is 0 Å². The van der Waals surface area contributed by atoms with E-state index in [4.69, 9.17) is 5.73 Å². The molecule has 0 bridgehead atoms. The van der Waals surface area contributed by atoms with Crippen molar-refractivity contribution in [1.82, 2.24) is 15.0 Å². The Bertz CT molecular complexity index is 598. The van der Waals surface area contributed by atoms with Crippen LogP contribution < -0.4 is 10.6 Å². The summed E-state index contributed by atoms with van der Waals surface area (Å²) >= 11 is 1.49. The molecular formula is C13H17N5S. The van der Waals surface area contributed by atoms with Crippen LogP contribution in [0.2, 0.25) is 0 Å². The number of hydrogen-bond acceptors (Lipinski definition) is 6. The van der Waals surface area contributed by atoms with Crippen LogP contribution in [0.15, 0.2) is 28.3 Å². The fourth-order valence-corrected chi connectivity index (χ4v) is 2.34. The second-order valence-corrected chi connectivity index (χ2v) is 5.56. The molecule has 1 aromatic carbocycles. The minimum Gasteiger partial charge on any atom is -0.368 e. The van der Waals surface area contributed by atoms with Crippen molar-refractivity contribution in [1.29, 1.82) is 0 Å². The van der Waals surface area contributed by atoms with E-state index in [1.54, 1.807) is 0 Å². The van der Waals surface area contributed by atoms with E-state index in [0.29, 0.717) is 11.1 Å². The molecule has 0 radical (unpaired) electrons. The highest BCUT2D eigenvalue weighted by atomic mass is 32.2. The van der Waals surface area contributed by atoms with Gasteiger partial charge in [0.2, 0.25) is 11.9 Å². The molecule has 0 atom stereocenters. The van der Waals surface area contributed by atoms with Gasteiger partial charge in [-0.3, -0.25) is 0 Å². The summed E-state index contributed by atoms with van der Waals surface area (Å²) < 4.78 is 0. The molecule has 100 valence electrons. The van der Waals surface area contributed by atoms with Gasteiger partial charge >= 0.3 is 0 Å². The molecule has 6 heteroatoms. The second-order valence-electron chi connectivity index (χ2n) is 4.52. The van der Waals surface area contributed by atoms with Gasteiger partial charge in [-0.05, 0) is 48.9 Å². The molecular weight excluding hydrogens is 258 g/mol. The summed E-state index contributed by atoms with van der Waals surface area (Å²) in [6, 6.07) is 6.27. The van der Waals surface area contributed by atoms with Crippen molar-refractivity contribution in [2.75, 3.05) is 24.7 Å². The van der Waals surface area contributed by atoms with Crippen LogP contribution in [0.4, 0.5) is 11.9 Å². The number of nitrogens with two attached hydrogens (primary N) is 1. The zero-order valence-corrected chi connectivity index (χ0v) is 12.3. The predicted molar refractivity (Wildman–Crippen MR) is 78.6 cm³/mol. The van der Waals surface area contributed by atoms with Crippen molar-refractivity contribution in [2.45, 2.75) is 23.9 Å². The maximum atomic E-state index is 5.70. The van der Waals surface area contributed by atoms with Gasteiger partial charge in [0.05, 0.1) is 0 Å². The van der Waals surface area contributed by atoms with E-state index in [2.05, 4.69) is 47.0 Å². The van der Waals surface area contributed by atoms with E-state index in [1.807, 2.05) is 19.0 Å². The van der Waals surface area contributed by atoms with Crippen molar-refractivity contribution in [3.05, 3.63) is 29.3 Å². The monoisotopic (exact) mass is 275 g/mol. The summed E-state index contributed by atoms with van der Waals surface area (Å²) in [6.45, 7) is 4.18. The number of rotatable bonds is 3. The lowest BCUT2D eigenvalue weighted by molar-refractivity contribution is 0.876. The Morgan fingerprint density at radius 1 is 1.05 bits per heavy atom. The van der Waals surface area contributed by atoms with Gasteiger partial charge in [0.1, 0.15) is 0 Å². The number of benzene rings is 1. The van der Waals surface area contributed by atoms with Crippen LogP contribution in [-0.2, 0) is 0 Å². The lowest BCUT2D eigenvalue weighted by atomic mass is 10.1. The Kier molecular flexibility index (Phi) is 3.90. The summed E-state index contributed by atoms with van der Waals surface area (Å²) in [7, 11) is 3.75. The number of anilines is 2. The van der Waals surface area contributed by atoms with E-state index in [0.717, 1.165) is 4.90 Å². The van der Waals surface area contributed by atoms with E-state index < -0.39 is 0 Å². The van der Waals surface area contributed by atoms with E-state index in [1.165, 1.54) is 22.9 Å². The van der Waals surface area contributed by atoms with Crippen molar-refractivity contribution in [3.63, 3.8) is 0 Å². The minimum atomic E-state index is 0.241. The summed E-state index contributed by atoms with van der Waals surface area (Å²) in [5, 5.41) is 0.611. The zero-order chi connectivity index (χ0) is 14.0. The Hall–Kier alpha value is -1.82. The first-order chi connectivity index (χ1) is 8.95. The molecule has 2 N–H and O–H groups in total. The van der Waals surface area contributed by atoms with Gasteiger partial charge in [-0.2, -0.15) is 15.0 Å².